The first-order valence-electron chi connectivity index (χ1n) is 5.33. The van der Waals surface area contributed by atoms with Crippen LogP contribution in [0.2, 0.25) is 0 Å². The van der Waals surface area contributed by atoms with Crippen LogP contribution < -0.4 is 11.5 Å². The molecule has 3 rings (SSSR count). The largest absolute Gasteiger partial charge is 0.398 e. The molecular weight excluding hydrogens is 230 g/mol. The summed E-state index contributed by atoms with van der Waals surface area (Å²) >= 11 is 0. The summed E-state index contributed by atoms with van der Waals surface area (Å²) in [4.78, 5) is 28.5. The lowest BCUT2D eigenvalue weighted by Crippen LogP contribution is -2.24. The number of carbonyl (C=O) groups excluding carboxylic acids is 2. The minimum Gasteiger partial charge on any atom is -0.398 e. The van der Waals surface area contributed by atoms with Crippen molar-refractivity contribution >= 4 is 22.9 Å². The van der Waals surface area contributed by atoms with E-state index >= 15 is 0 Å². The van der Waals surface area contributed by atoms with Crippen molar-refractivity contribution in [1.29, 1.82) is 0 Å². The van der Waals surface area contributed by atoms with Gasteiger partial charge in [0.2, 0.25) is 5.78 Å². The third-order valence-corrected chi connectivity index (χ3v) is 2.99. The fourth-order valence-electron chi connectivity index (χ4n) is 2.15. The molecule has 0 amide bonds. The molecule has 0 atom stereocenters. The second kappa shape index (κ2) is 3.40. The van der Waals surface area contributed by atoms with Gasteiger partial charge in [0.15, 0.2) is 5.78 Å². The highest BCUT2D eigenvalue weighted by molar-refractivity contribution is 6.30. The van der Waals surface area contributed by atoms with Crippen molar-refractivity contribution in [3.63, 3.8) is 0 Å². The summed E-state index contributed by atoms with van der Waals surface area (Å²) in [5.41, 5.74) is 12.8. The monoisotopic (exact) mass is 239 g/mol. The van der Waals surface area contributed by atoms with Crippen LogP contribution in [0.3, 0.4) is 0 Å². The van der Waals surface area contributed by atoms with Crippen molar-refractivity contribution in [2.75, 3.05) is 11.5 Å². The van der Waals surface area contributed by atoms with Gasteiger partial charge in [0, 0.05) is 17.6 Å². The summed E-state index contributed by atoms with van der Waals surface area (Å²) in [6, 6.07) is 6.22. The van der Waals surface area contributed by atoms with Crippen LogP contribution in [0.1, 0.15) is 32.0 Å². The lowest BCUT2D eigenvalue weighted by molar-refractivity contribution is 0.0976. The van der Waals surface area contributed by atoms with Crippen LogP contribution in [-0.2, 0) is 0 Å². The number of nitrogen functional groups attached to an aromatic ring is 2. The Morgan fingerprint density at radius 2 is 1.50 bits per heavy atom. The molecule has 1 aliphatic carbocycles. The Bertz CT molecular complexity index is 647. The first-order chi connectivity index (χ1) is 8.61. The summed E-state index contributed by atoms with van der Waals surface area (Å²) in [5, 5.41) is 0. The van der Waals surface area contributed by atoms with Crippen molar-refractivity contribution in [1.82, 2.24) is 4.98 Å². The van der Waals surface area contributed by atoms with Gasteiger partial charge in [-0.2, -0.15) is 0 Å². The van der Waals surface area contributed by atoms with Gasteiger partial charge in [0.25, 0.3) is 0 Å². The van der Waals surface area contributed by atoms with E-state index in [0.717, 1.165) is 0 Å². The van der Waals surface area contributed by atoms with Crippen molar-refractivity contribution in [3.8, 4) is 0 Å². The fourth-order valence-corrected chi connectivity index (χ4v) is 2.15. The first-order valence-corrected chi connectivity index (χ1v) is 5.33. The number of nitrogens with zero attached hydrogens (tertiary/aromatic N) is 1. The Morgan fingerprint density at radius 1 is 0.889 bits per heavy atom. The van der Waals surface area contributed by atoms with Gasteiger partial charge in [0.05, 0.1) is 16.7 Å². The topological polar surface area (TPSA) is 99.1 Å². The Hall–Kier alpha value is -2.69. The first kappa shape index (κ1) is 10.5. The Kier molecular flexibility index (Phi) is 1.98. The molecule has 18 heavy (non-hydrogen) atoms. The number of anilines is 2. The fraction of sp³-hybridized carbons (Fsp3) is 0. The van der Waals surface area contributed by atoms with Gasteiger partial charge in [-0.3, -0.25) is 14.6 Å². The highest BCUT2D eigenvalue weighted by atomic mass is 16.1. The minimum absolute atomic E-state index is 0.132. The number of pyridine rings is 1. The van der Waals surface area contributed by atoms with Gasteiger partial charge in [-0.15, -0.1) is 0 Å². The van der Waals surface area contributed by atoms with Crippen molar-refractivity contribution < 1.29 is 9.59 Å². The molecule has 0 saturated heterocycles. The molecule has 1 aromatic heterocycles. The molecule has 4 N–H and O–H groups in total. The van der Waals surface area contributed by atoms with Gasteiger partial charge in [-0.25, -0.2) is 0 Å². The summed E-state index contributed by atoms with van der Waals surface area (Å²) in [6.45, 7) is 0. The summed E-state index contributed by atoms with van der Waals surface area (Å²) in [5.74, 6) is -0.664. The maximum absolute atomic E-state index is 12.3. The SMILES string of the molecule is Nc1ccc(N)c2c1C(=O)c1cccnc1C2=O. The summed E-state index contributed by atoms with van der Waals surface area (Å²) < 4.78 is 0. The van der Waals surface area contributed by atoms with E-state index in [2.05, 4.69) is 4.98 Å². The lowest BCUT2D eigenvalue weighted by Gasteiger charge is -2.19. The van der Waals surface area contributed by atoms with Crippen molar-refractivity contribution in [2.45, 2.75) is 0 Å². The molecule has 0 radical (unpaired) electrons. The standard InChI is InChI=1S/C13H9N3O2/c14-7-3-4-8(15)10-9(7)12(17)6-2-1-5-16-11(6)13(10)18/h1-5H,14-15H2. The zero-order valence-electron chi connectivity index (χ0n) is 9.31. The maximum atomic E-state index is 12.3. The van der Waals surface area contributed by atoms with E-state index in [-0.39, 0.29) is 45.3 Å². The molecule has 0 bridgehead atoms. The molecule has 0 spiro atoms. The van der Waals surface area contributed by atoms with E-state index in [4.69, 9.17) is 11.5 Å². The maximum Gasteiger partial charge on any atom is 0.214 e. The predicted octanol–water partition coefficient (Wildman–Crippen LogP) is 1.02. The smallest absolute Gasteiger partial charge is 0.214 e. The zero-order chi connectivity index (χ0) is 12.9. The van der Waals surface area contributed by atoms with Crippen LogP contribution in [0.15, 0.2) is 30.5 Å². The summed E-state index contributed by atoms with van der Waals surface area (Å²) in [7, 11) is 0. The van der Waals surface area contributed by atoms with Gasteiger partial charge >= 0.3 is 0 Å². The third kappa shape index (κ3) is 1.18. The van der Waals surface area contributed by atoms with Crippen LogP contribution in [0.5, 0.6) is 0 Å². The molecule has 88 valence electrons. The number of hydrogen-bond donors (Lipinski definition) is 2. The number of carbonyl (C=O) groups is 2. The molecule has 0 aliphatic heterocycles. The van der Waals surface area contributed by atoms with E-state index < -0.39 is 0 Å². The second-order valence-electron chi connectivity index (χ2n) is 4.05. The Morgan fingerprint density at radius 3 is 2.17 bits per heavy atom. The molecule has 1 aliphatic rings. The average molecular weight is 239 g/mol. The molecule has 2 aromatic rings. The van der Waals surface area contributed by atoms with Gasteiger partial charge < -0.3 is 11.5 Å². The van der Waals surface area contributed by atoms with Crippen molar-refractivity contribution in [2.24, 2.45) is 0 Å². The quantitative estimate of drug-likeness (QED) is 0.570. The molecule has 1 aromatic carbocycles. The van der Waals surface area contributed by atoms with E-state index in [1.54, 1.807) is 12.1 Å². The van der Waals surface area contributed by atoms with E-state index in [0.29, 0.717) is 0 Å². The number of hydrogen-bond acceptors (Lipinski definition) is 5. The number of rotatable bonds is 0. The minimum atomic E-state index is -0.356. The molecule has 5 nitrogen and oxygen atoms in total. The number of fused-ring (bicyclic) bond motifs is 2. The van der Waals surface area contributed by atoms with Crippen LogP contribution in [0, 0.1) is 0 Å². The average Bonchev–Trinajstić information content (AvgIpc) is 2.38. The Balaban J connectivity index is 2.41. The normalized spacial score (nSPS) is 13.1. The van der Waals surface area contributed by atoms with Crippen LogP contribution in [-0.4, -0.2) is 16.6 Å². The predicted molar refractivity (Wildman–Crippen MR) is 66.4 cm³/mol. The summed E-state index contributed by atoms with van der Waals surface area (Å²) in [6.07, 6.45) is 1.47. The van der Waals surface area contributed by atoms with Crippen molar-refractivity contribution in [3.05, 3.63) is 52.8 Å². The number of ketones is 2. The molecule has 5 heteroatoms. The number of nitrogens with two attached hydrogens (primary N) is 2. The van der Waals surface area contributed by atoms with Crippen LogP contribution in [0.25, 0.3) is 0 Å². The molecular formula is C13H9N3O2. The van der Waals surface area contributed by atoms with Gasteiger partial charge in [-0.1, -0.05) is 0 Å². The molecule has 0 saturated carbocycles. The van der Waals surface area contributed by atoms with E-state index in [1.807, 2.05) is 0 Å². The van der Waals surface area contributed by atoms with E-state index in [1.165, 1.54) is 18.3 Å². The molecule has 1 heterocycles. The third-order valence-electron chi connectivity index (χ3n) is 2.99. The van der Waals surface area contributed by atoms with Crippen LogP contribution >= 0.6 is 0 Å². The lowest BCUT2D eigenvalue weighted by atomic mass is 9.85. The second-order valence-corrected chi connectivity index (χ2v) is 4.05. The number of benzene rings is 1. The Labute approximate surface area is 102 Å². The molecule has 0 unspecified atom stereocenters. The van der Waals surface area contributed by atoms with Gasteiger partial charge in [0.1, 0.15) is 5.69 Å². The van der Waals surface area contributed by atoms with Crippen LogP contribution in [0.4, 0.5) is 11.4 Å². The zero-order valence-corrected chi connectivity index (χ0v) is 9.31. The number of aromatic nitrogens is 1. The van der Waals surface area contributed by atoms with E-state index in [9.17, 15) is 9.59 Å². The molecule has 0 fully saturated rings. The van der Waals surface area contributed by atoms with Gasteiger partial charge in [-0.05, 0) is 24.3 Å². The highest BCUT2D eigenvalue weighted by Gasteiger charge is 2.33. The highest BCUT2D eigenvalue weighted by Crippen LogP contribution is 2.32.